The van der Waals surface area contributed by atoms with Crippen molar-refractivity contribution in [3.63, 3.8) is 0 Å². The first-order chi connectivity index (χ1) is 13.7. The van der Waals surface area contributed by atoms with Crippen LogP contribution in [0, 0.1) is 0 Å². The molecular formula is C22H23NO5. The van der Waals surface area contributed by atoms with Gasteiger partial charge < -0.3 is 23.8 Å². The molecule has 2 aliphatic heterocycles. The Hall–Kier alpha value is -3.15. The molecule has 0 aliphatic carbocycles. The number of methoxy groups -OCH3 is 2. The zero-order chi connectivity index (χ0) is 19.5. The molecule has 4 rings (SSSR count). The Labute approximate surface area is 164 Å². The number of ether oxygens (including phenoxy) is 4. The lowest BCUT2D eigenvalue weighted by molar-refractivity contribution is 0.0784. The Morgan fingerprint density at radius 3 is 2.64 bits per heavy atom. The Bertz CT molecular complexity index is 921. The lowest BCUT2D eigenvalue weighted by Crippen LogP contribution is -2.34. The Kier molecular flexibility index (Phi) is 5.10. The van der Waals surface area contributed by atoms with Crippen LogP contribution in [0.5, 0.6) is 23.0 Å². The van der Waals surface area contributed by atoms with Crippen molar-refractivity contribution in [1.29, 1.82) is 0 Å². The molecule has 0 atom stereocenters. The van der Waals surface area contributed by atoms with E-state index in [2.05, 4.69) is 6.08 Å². The van der Waals surface area contributed by atoms with Crippen LogP contribution < -0.4 is 18.9 Å². The molecule has 6 nitrogen and oxygen atoms in total. The van der Waals surface area contributed by atoms with Crippen molar-refractivity contribution in [2.24, 2.45) is 0 Å². The number of benzene rings is 2. The molecule has 0 unspecified atom stereocenters. The Morgan fingerprint density at radius 1 is 1.00 bits per heavy atom. The third-order valence-electron chi connectivity index (χ3n) is 5.02. The second-order valence-corrected chi connectivity index (χ2v) is 6.73. The summed E-state index contributed by atoms with van der Waals surface area (Å²) in [7, 11) is 3.15. The van der Waals surface area contributed by atoms with E-state index in [1.54, 1.807) is 32.4 Å². The molecule has 2 aliphatic rings. The quantitative estimate of drug-likeness (QED) is 0.798. The molecule has 0 saturated carbocycles. The normalized spacial score (nSPS) is 16.9. The van der Waals surface area contributed by atoms with Gasteiger partial charge in [-0.1, -0.05) is 6.07 Å². The van der Waals surface area contributed by atoms with E-state index in [4.69, 9.17) is 18.9 Å². The van der Waals surface area contributed by atoms with Crippen molar-refractivity contribution in [2.45, 2.75) is 19.3 Å². The van der Waals surface area contributed by atoms with Gasteiger partial charge in [-0.05, 0) is 61.2 Å². The van der Waals surface area contributed by atoms with Crippen molar-refractivity contribution in [3.8, 4) is 23.0 Å². The summed E-state index contributed by atoms with van der Waals surface area (Å²) in [6.45, 7) is 0.947. The van der Waals surface area contributed by atoms with Gasteiger partial charge in [0.15, 0.2) is 23.0 Å². The van der Waals surface area contributed by atoms with E-state index >= 15 is 0 Å². The summed E-state index contributed by atoms with van der Waals surface area (Å²) >= 11 is 0. The summed E-state index contributed by atoms with van der Waals surface area (Å²) in [5.74, 6) is 2.61. The molecule has 1 fully saturated rings. The first-order valence-electron chi connectivity index (χ1n) is 9.33. The van der Waals surface area contributed by atoms with E-state index in [9.17, 15) is 4.79 Å². The highest BCUT2D eigenvalue weighted by molar-refractivity contribution is 5.96. The van der Waals surface area contributed by atoms with Crippen LogP contribution in [0.2, 0.25) is 0 Å². The largest absolute Gasteiger partial charge is 0.493 e. The van der Waals surface area contributed by atoms with Crippen LogP contribution in [-0.4, -0.2) is 38.4 Å². The lowest BCUT2D eigenvalue weighted by Gasteiger charge is -2.30. The predicted octanol–water partition coefficient (Wildman–Crippen LogP) is 4.10. The molecule has 6 heteroatoms. The third-order valence-corrected chi connectivity index (χ3v) is 5.02. The van der Waals surface area contributed by atoms with Crippen LogP contribution in [0.25, 0.3) is 6.08 Å². The number of carbonyl (C=O) groups is 1. The fraction of sp³-hybridized carbons (Fsp3) is 0.318. The molecule has 0 N–H and O–H groups in total. The molecule has 2 aromatic carbocycles. The van der Waals surface area contributed by atoms with E-state index in [1.807, 2.05) is 23.1 Å². The van der Waals surface area contributed by atoms with Gasteiger partial charge in [-0.2, -0.15) is 0 Å². The lowest BCUT2D eigenvalue weighted by atomic mass is 10.0. The molecular weight excluding hydrogens is 358 g/mol. The number of hydrogen-bond acceptors (Lipinski definition) is 5. The number of fused-ring (bicyclic) bond motifs is 1. The summed E-state index contributed by atoms with van der Waals surface area (Å²) < 4.78 is 21.4. The summed E-state index contributed by atoms with van der Waals surface area (Å²) in [6.07, 6.45) is 4.96. The number of likely N-dealkylation sites (tertiary alicyclic amines) is 1. The standard InChI is InChI=1S/C22H23NO5/c1-25-18-9-7-16(13-20(18)26-2)22(24)23-10-4-3-5-17(23)11-15-6-8-19-21(12-15)28-14-27-19/h6-9,11-13H,3-5,10,14H2,1-2H3/b17-11+. The van der Waals surface area contributed by atoms with E-state index in [0.29, 0.717) is 23.6 Å². The number of hydrogen-bond donors (Lipinski definition) is 0. The number of nitrogens with zero attached hydrogens (tertiary/aromatic N) is 1. The monoisotopic (exact) mass is 381 g/mol. The maximum absolute atomic E-state index is 13.2. The minimum absolute atomic E-state index is 0.0346. The summed E-state index contributed by atoms with van der Waals surface area (Å²) in [6, 6.07) is 11.1. The van der Waals surface area contributed by atoms with Crippen LogP contribution in [-0.2, 0) is 0 Å². The number of piperidine rings is 1. The average molecular weight is 381 g/mol. The molecule has 0 bridgehead atoms. The molecule has 146 valence electrons. The zero-order valence-electron chi connectivity index (χ0n) is 16.1. The van der Waals surface area contributed by atoms with Gasteiger partial charge in [-0.3, -0.25) is 4.79 Å². The van der Waals surface area contributed by atoms with Crippen molar-refractivity contribution in [1.82, 2.24) is 4.90 Å². The number of amides is 1. The molecule has 0 aromatic heterocycles. The van der Waals surface area contributed by atoms with Gasteiger partial charge in [0, 0.05) is 17.8 Å². The van der Waals surface area contributed by atoms with Crippen LogP contribution in [0.15, 0.2) is 42.1 Å². The first kappa shape index (κ1) is 18.2. The van der Waals surface area contributed by atoms with Gasteiger partial charge >= 0.3 is 0 Å². The maximum atomic E-state index is 13.2. The van der Waals surface area contributed by atoms with E-state index in [-0.39, 0.29) is 12.7 Å². The van der Waals surface area contributed by atoms with E-state index in [0.717, 1.165) is 42.0 Å². The highest BCUT2D eigenvalue weighted by atomic mass is 16.7. The molecule has 2 aromatic rings. The van der Waals surface area contributed by atoms with Gasteiger partial charge in [0.25, 0.3) is 5.91 Å². The summed E-state index contributed by atoms with van der Waals surface area (Å²) in [5.41, 5.74) is 2.58. The predicted molar refractivity (Wildman–Crippen MR) is 105 cm³/mol. The highest BCUT2D eigenvalue weighted by Crippen LogP contribution is 2.34. The molecule has 0 radical (unpaired) electrons. The molecule has 1 amide bonds. The average Bonchev–Trinajstić information content (AvgIpc) is 3.21. The molecule has 2 heterocycles. The van der Waals surface area contributed by atoms with Crippen LogP contribution >= 0.6 is 0 Å². The highest BCUT2D eigenvalue weighted by Gasteiger charge is 2.24. The summed E-state index contributed by atoms with van der Waals surface area (Å²) in [5, 5.41) is 0. The smallest absolute Gasteiger partial charge is 0.258 e. The zero-order valence-corrected chi connectivity index (χ0v) is 16.1. The molecule has 1 saturated heterocycles. The first-order valence-corrected chi connectivity index (χ1v) is 9.33. The van der Waals surface area contributed by atoms with E-state index < -0.39 is 0 Å². The minimum atomic E-state index is -0.0346. The third kappa shape index (κ3) is 3.50. The SMILES string of the molecule is COc1ccc(C(=O)N2CCCC/C2=C\c2ccc3c(c2)OCO3)cc1OC. The van der Waals surface area contributed by atoms with Gasteiger partial charge in [-0.25, -0.2) is 0 Å². The number of rotatable bonds is 4. The maximum Gasteiger partial charge on any atom is 0.258 e. The fourth-order valence-corrected chi connectivity index (χ4v) is 3.56. The van der Waals surface area contributed by atoms with E-state index in [1.165, 1.54) is 0 Å². The van der Waals surface area contributed by atoms with Crippen LogP contribution in [0.1, 0.15) is 35.2 Å². The topological polar surface area (TPSA) is 57.2 Å². The second kappa shape index (κ2) is 7.84. The molecule has 28 heavy (non-hydrogen) atoms. The van der Waals surface area contributed by atoms with Crippen molar-refractivity contribution >= 4 is 12.0 Å². The molecule has 0 spiro atoms. The van der Waals surface area contributed by atoms with Gasteiger partial charge in [0.1, 0.15) is 0 Å². The fourth-order valence-electron chi connectivity index (χ4n) is 3.56. The van der Waals surface area contributed by atoms with Gasteiger partial charge in [-0.15, -0.1) is 0 Å². The number of allylic oxidation sites excluding steroid dienone is 1. The minimum Gasteiger partial charge on any atom is -0.493 e. The summed E-state index contributed by atoms with van der Waals surface area (Å²) in [4.78, 5) is 15.1. The second-order valence-electron chi connectivity index (χ2n) is 6.73. The number of carbonyl (C=O) groups excluding carboxylic acids is 1. The Balaban J connectivity index is 1.62. The van der Waals surface area contributed by atoms with Gasteiger partial charge in [0.05, 0.1) is 14.2 Å². The van der Waals surface area contributed by atoms with Crippen molar-refractivity contribution in [2.75, 3.05) is 27.6 Å². The van der Waals surface area contributed by atoms with Crippen molar-refractivity contribution < 1.29 is 23.7 Å². The van der Waals surface area contributed by atoms with Crippen LogP contribution in [0.4, 0.5) is 0 Å². The van der Waals surface area contributed by atoms with Crippen molar-refractivity contribution in [3.05, 3.63) is 53.2 Å². The van der Waals surface area contributed by atoms with Crippen LogP contribution in [0.3, 0.4) is 0 Å². The van der Waals surface area contributed by atoms with Gasteiger partial charge in [0.2, 0.25) is 6.79 Å². The Morgan fingerprint density at radius 2 is 1.82 bits per heavy atom.